The lowest BCUT2D eigenvalue weighted by molar-refractivity contribution is -0.385. The lowest BCUT2D eigenvalue weighted by Gasteiger charge is -2.04. The Kier molecular flexibility index (Phi) is 3.71. The van der Waals surface area contributed by atoms with Crippen molar-refractivity contribution < 1.29 is 9.72 Å². The fraction of sp³-hybridized carbons (Fsp3) is 0.455. The molecule has 1 rings (SSSR count). The number of ketones is 1. The van der Waals surface area contributed by atoms with Crippen molar-refractivity contribution in [2.75, 3.05) is 0 Å². The second-order valence-electron chi connectivity index (χ2n) is 4.03. The number of nitrogens with zero attached hydrogens (tertiary/aromatic N) is 2. The van der Waals surface area contributed by atoms with Gasteiger partial charge in [-0.15, -0.1) is 0 Å². The highest BCUT2D eigenvalue weighted by atomic mass is 16.6. The van der Waals surface area contributed by atoms with Crippen LogP contribution >= 0.6 is 0 Å². The first-order valence-electron chi connectivity index (χ1n) is 5.04. The van der Waals surface area contributed by atoms with Crippen molar-refractivity contribution in [1.29, 1.82) is 0 Å². The van der Waals surface area contributed by atoms with E-state index in [4.69, 9.17) is 0 Å². The number of hydrogen-bond donors (Lipinski definition) is 0. The molecule has 1 aromatic rings. The molecule has 86 valence electrons. The Balaban J connectivity index is 3.04. The molecule has 5 nitrogen and oxygen atoms in total. The van der Waals surface area contributed by atoms with E-state index in [1.54, 1.807) is 20.8 Å². The standard InChI is InChI=1S/C11H14N2O3/c1-7(2)11(14)5-9-10(13(15)16)4-8(3)6-12-9/h4,6-7H,5H2,1-3H3. The average Bonchev–Trinajstić information content (AvgIpc) is 2.20. The van der Waals surface area contributed by atoms with E-state index in [1.807, 2.05) is 0 Å². The van der Waals surface area contributed by atoms with Crippen LogP contribution in [0.5, 0.6) is 0 Å². The molecule has 0 bridgehead atoms. The fourth-order valence-electron chi connectivity index (χ4n) is 1.25. The number of carbonyl (C=O) groups is 1. The largest absolute Gasteiger partial charge is 0.299 e. The second kappa shape index (κ2) is 4.83. The maximum atomic E-state index is 11.5. The van der Waals surface area contributed by atoms with Crippen LogP contribution < -0.4 is 0 Å². The van der Waals surface area contributed by atoms with Gasteiger partial charge in [0.05, 0.1) is 11.3 Å². The van der Waals surface area contributed by atoms with Gasteiger partial charge in [0.1, 0.15) is 11.5 Å². The first-order valence-corrected chi connectivity index (χ1v) is 5.04. The average molecular weight is 222 g/mol. The molecule has 0 radical (unpaired) electrons. The zero-order chi connectivity index (χ0) is 12.3. The molecule has 0 fully saturated rings. The van der Waals surface area contributed by atoms with Crippen LogP contribution in [0.25, 0.3) is 0 Å². The van der Waals surface area contributed by atoms with Gasteiger partial charge in [0.2, 0.25) is 0 Å². The maximum Gasteiger partial charge on any atom is 0.291 e. The van der Waals surface area contributed by atoms with Gasteiger partial charge in [-0.05, 0) is 12.5 Å². The summed E-state index contributed by atoms with van der Waals surface area (Å²) in [5.74, 6) is -0.179. The van der Waals surface area contributed by atoms with Crippen LogP contribution in [0.2, 0.25) is 0 Å². The summed E-state index contributed by atoms with van der Waals surface area (Å²) < 4.78 is 0. The lowest BCUT2D eigenvalue weighted by atomic mass is 10.0. The van der Waals surface area contributed by atoms with Crippen molar-refractivity contribution in [3.05, 3.63) is 33.6 Å². The minimum atomic E-state index is -0.497. The van der Waals surface area contributed by atoms with E-state index in [0.29, 0.717) is 5.56 Å². The summed E-state index contributed by atoms with van der Waals surface area (Å²) in [5, 5.41) is 10.8. The van der Waals surface area contributed by atoms with E-state index < -0.39 is 4.92 Å². The van der Waals surface area contributed by atoms with Gasteiger partial charge in [0, 0.05) is 18.2 Å². The van der Waals surface area contributed by atoms with E-state index >= 15 is 0 Å². The number of hydrogen-bond acceptors (Lipinski definition) is 4. The monoisotopic (exact) mass is 222 g/mol. The molecule has 0 saturated heterocycles. The van der Waals surface area contributed by atoms with Crippen molar-refractivity contribution >= 4 is 11.5 Å². The second-order valence-corrected chi connectivity index (χ2v) is 4.03. The van der Waals surface area contributed by atoms with Crippen LogP contribution in [0.4, 0.5) is 5.69 Å². The summed E-state index contributed by atoms with van der Waals surface area (Å²) in [7, 11) is 0. The zero-order valence-electron chi connectivity index (χ0n) is 9.56. The van der Waals surface area contributed by atoms with Crippen LogP contribution in [0.3, 0.4) is 0 Å². The molecule has 0 amide bonds. The van der Waals surface area contributed by atoms with E-state index in [2.05, 4.69) is 4.98 Å². The van der Waals surface area contributed by atoms with Gasteiger partial charge < -0.3 is 0 Å². The number of rotatable bonds is 4. The Morgan fingerprint density at radius 2 is 2.19 bits per heavy atom. The molecule has 5 heteroatoms. The van der Waals surface area contributed by atoms with Crippen molar-refractivity contribution in [3.8, 4) is 0 Å². The molecular weight excluding hydrogens is 208 g/mol. The predicted octanol–water partition coefficient (Wildman–Crippen LogP) is 2.07. The summed E-state index contributed by atoms with van der Waals surface area (Å²) in [5.41, 5.74) is 0.885. The summed E-state index contributed by atoms with van der Waals surface area (Å²) in [4.78, 5) is 25.8. The predicted molar refractivity (Wildman–Crippen MR) is 59.2 cm³/mol. The number of pyridine rings is 1. The first-order chi connectivity index (χ1) is 7.41. The molecule has 0 spiro atoms. The van der Waals surface area contributed by atoms with Gasteiger partial charge in [-0.1, -0.05) is 13.8 Å². The van der Waals surface area contributed by atoms with Gasteiger partial charge in [-0.3, -0.25) is 19.9 Å². The molecule has 0 aliphatic carbocycles. The number of carbonyl (C=O) groups excluding carboxylic acids is 1. The minimum absolute atomic E-state index is 0.0221. The molecular formula is C11H14N2O3. The molecule has 0 aromatic carbocycles. The van der Waals surface area contributed by atoms with Gasteiger partial charge in [-0.2, -0.15) is 0 Å². The molecule has 0 atom stereocenters. The third-order valence-electron chi connectivity index (χ3n) is 2.27. The molecule has 16 heavy (non-hydrogen) atoms. The highest BCUT2D eigenvalue weighted by molar-refractivity contribution is 5.83. The summed E-state index contributed by atoms with van der Waals surface area (Å²) in [6.45, 7) is 5.26. The Morgan fingerprint density at radius 1 is 1.56 bits per heavy atom. The fourth-order valence-corrected chi connectivity index (χ4v) is 1.25. The van der Waals surface area contributed by atoms with E-state index in [9.17, 15) is 14.9 Å². The molecule has 0 aliphatic rings. The van der Waals surface area contributed by atoms with Gasteiger partial charge >= 0.3 is 0 Å². The number of aryl methyl sites for hydroxylation is 1. The minimum Gasteiger partial charge on any atom is -0.299 e. The Labute approximate surface area is 93.7 Å². The topological polar surface area (TPSA) is 73.1 Å². The Bertz CT molecular complexity index is 427. The van der Waals surface area contributed by atoms with Crippen LogP contribution in [0, 0.1) is 23.0 Å². The highest BCUT2D eigenvalue weighted by Crippen LogP contribution is 2.19. The molecule has 0 N–H and O–H groups in total. The molecule has 1 heterocycles. The number of Topliss-reactive ketones (excluding diaryl/α,β-unsaturated/α-hetero) is 1. The van der Waals surface area contributed by atoms with Crippen LogP contribution in [0.1, 0.15) is 25.1 Å². The van der Waals surface area contributed by atoms with E-state index in [0.717, 1.165) is 0 Å². The van der Waals surface area contributed by atoms with Crippen LogP contribution in [-0.4, -0.2) is 15.7 Å². The van der Waals surface area contributed by atoms with E-state index in [-0.39, 0.29) is 29.5 Å². The molecule has 0 saturated carbocycles. The first kappa shape index (κ1) is 12.3. The Morgan fingerprint density at radius 3 is 2.69 bits per heavy atom. The molecule has 1 aromatic heterocycles. The third-order valence-corrected chi connectivity index (χ3v) is 2.27. The van der Waals surface area contributed by atoms with Crippen LogP contribution in [-0.2, 0) is 11.2 Å². The maximum absolute atomic E-state index is 11.5. The number of nitro groups is 1. The third kappa shape index (κ3) is 2.85. The zero-order valence-corrected chi connectivity index (χ0v) is 9.56. The van der Waals surface area contributed by atoms with E-state index in [1.165, 1.54) is 12.3 Å². The summed E-state index contributed by atoms with van der Waals surface area (Å²) in [6.07, 6.45) is 1.56. The van der Waals surface area contributed by atoms with Gasteiger partial charge in [-0.25, -0.2) is 0 Å². The van der Waals surface area contributed by atoms with Gasteiger partial charge in [0.25, 0.3) is 5.69 Å². The highest BCUT2D eigenvalue weighted by Gasteiger charge is 2.19. The van der Waals surface area contributed by atoms with Crippen molar-refractivity contribution in [2.24, 2.45) is 5.92 Å². The summed E-state index contributed by atoms with van der Waals surface area (Å²) in [6, 6.07) is 1.44. The van der Waals surface area contributed by atoms with Crippen molar-refractivity contribution in [3.63, 3.8) is 0 Å². The normalized spacial score (nSPS) is 10.5. The van der Waals surface area contributed by atoms with Crippen molar-refractivity contribution in [2.45, 2.75) is 27.2 Å². The lowest BCUT2D eigenvalue weighted by Crippen LogP contribution is -2.12. The summed E-state index contributed by atoms with van der Waals surface area (Å²) >= 11 is 0. The smallest absolute Gasteiger partial charge is 0.291 e. The quantitative estimate of drug-likeness (QED) is 0.577. The SMILES string of the molecule is Cc1cnc(CC(=O)C(C)C)c([N+](=O)[O-])c1. The van der Waals surface area contributed by atoms with Crippen LogP contribution in [0.15, 0.2) is 12.3 Å². The molecule has 0 aliphatic heterocycles. The molecule has 0 unspecified atom stereocenters. The Hall–Kier alpha value is -1.78. The van der Waals surface area contributed by atoms with Gasteiger partial charge in [0.15, 0.2) is 0 Å². The number of aromatic nitrogens is 1. The van der Waals surface area contributed by atoms with Crippen molar-refractivity contribution in [1.82, 2.24) is 4.98 Å².